The van der Waals surface area contributed by atoms with Crippen molar-refractivity contribution in [1.82, 2.24) is 0 Å². The Morgan fingerprint density at radius 1 is 1.25 bits per heavy atom. The standard InChI is InChI=1S/C10H18O2/c1-5-10-6(2)9(7(3)12-10)11-8(10)4/h6-9H,5H2,1-4H3/t6-,7-,8?,9-,10-/m0/s1. The van der Waals surface area contributed by atoms with Gasteiger partial charge in [-0.25, -0.2) is 0 Å². The molecule has 0 N–H and O–H groups in total. The third-order valence-corrected chi connectivity index (χ3v) is 3.73. The Labute approximate surface area is 74.2 Å². The van der Waals surface area contributed by atoms with Gasteiger partial charge in [0.25, 0.3) is 0 Å². The minimum absolute atomic E-state index is 0.0179. The zero-order chi connectivity index (χ0) is 8.93. The summed E-state index contributed by atoms with van der Waals surface area (Å²) in [7, 11) is 0. The molecule has 12 heavy (non-hydrogen) atoms. The molecule has 2 saturated heterocycles. The highest BCUT2D eigenvalue weighted by Gasteiger charge is 2.60. The van der Waals surface area contributed by atoms with E-state index < -0.39 is 0 Å². The van der Waals surface area contributed by atoms with Crippen molar-refractivity contribution in [2.45, 2.75) is 58.0 Å². The van der Waals surface area contributed by atoms with Crippen LogP contribution in [0.5, 0.6) is 0 Å². The molecule has 0 saturated carbocycles. The van der Waals surface area contributed by atoms with Crippen LogP contribution in [0.2, 0.25) is 0 Å². The van der Waals surface area contributed by atoms with Crippen LogP contribution in [-0.4, -0.2) is 23.9 Å². The van der Waals surface area contributed by atoms with E-state index in [1.165, 1.54) is 0 Å². The molecule has 0 spiro atoms. The highest BCUT2D eigenvalue weighted by Crippen LogP contribution is 2.49. The van der Waals surface area contributed by atoms with Crippen molar-refractivity contribution in [1.29, 1.82) is 0 Å². The average Bonchev–Trinajstić information content (AvgIpc) is 2.41. The van der Waals surface area contributed by atoms with Crippen LogP contribution in [0.3, 0.4) is 0 Å². The zero-order valence-electron chi connectivity index (χ0n) is 8.33. The first kappa shape index (κ1) is 8.52. The van der Waals surface area contributed by atoms with Gasteiger partial charge in [0, 0.05) is 5.92 Å². The second kappa shape index (κ2) is 2.46. The lowest BCUT2D eigenvalue weighted by Gasteiger charge is -2.34. The molecule has 2 heterocycles. The maximum absolute atomic E-state index is 6.00. The molecule has 1 unspecified atom stereocenters. The van der Waals surface area contributed by atoms with E-state index in [0.29, 0.717) is 12.0 Å². The number of rotatable bonds is 1. The quantitative estimate of drug-likeness (QED) is 0.599. The van der Waals surface area contributed by atoms with Crippen LogP contribution < -0.4 is 0 Å². The molecule has 0 radical (unpaired) electrons. The second-order valence-electron chi connectivity index (χ2n) is 4.16. The van der Waals surface area contributed by atoms with Gasteiger partial charge in [0.05, 0.1) is 23.9 Å². The Morgan fingerprint density at radius 2 is 1.92 bits per heavy atom. The highest BCUT2D eigenvalue weighted by molar-refractivity contribution is 5.07. The summed E-state index contributed by atoms with van der Waals surface area (Å²) < 4.78 is 11.9. The van der Waals surface area contributed by atoms with Gasteiger partial charge in [-0.05, 0) is 20.3 Å². The molecular weight excluding hydrogens is 152 g/mol. The molecule has 0 aromatic rings. The van der Waals surface area contributed by atoms with E-state index in [9.17, 15) is 0 Å². The van der Waals surface area contributed by atoms with Crippen LogP contribution in [0.1, 0.15) is 34.1 Å². The fourth-order valence-electron chi connectivity index (χ4n) is 2.94. The van der Waals surface area contributed by atoms with Crippen molar-refractivity contribution in [3.63, 3.8) is 0 Å². The topological polar surface area (TPSA) is 18.5 Å². The van der Waals surface area contributed by atoms with Gasteiger partial charge in [-0.1, -0.05) is 13.8 Å². The van der Waals surface area contributed by atoms with Crippen LogP contribution in [0.25, 0.3) is 0 Å². The predicted octanol–water partition coefficient (Wildman–Crippen LogP) is 1.98. The van der Waals surface area contributed by atoms with Crippen LogP contribution in [0, 0.1) is 5.92 Å². The summed E-state index contributed by atoms with van der Waals surface area (Å²) in [5.41, 5.74) is 0.0179. The van der Waals surface area contributed by atoms with E-state index in [1.54, 1.807) is 0 Å². The van der Waals surface area contributed by atoms with Gasteiger partial charge in [-0.15, -0.1) is 0 Å². The molecule has 2 fully saturated rings. The molecule has 0 amide bonds. The number of ether oxygens (including phenoxy) is 2. The first-order valence-electron chi connectivity index (χ1n) is 4.95. The molecule has 2 bridgehead atoms. The maximum atomic E-state index is 6.00. The lowest BCUT2D eigenvalue weighted by Crippen LogP contribution is -2.43. The Kier molecular flexibility index (Phi) is 1.74. The lowest BCUT2D eigenvalue weighted by atomic mass is 9.84. The summed E-state index contributed by atoms with van der Waals surface area (Å²) in [5.74, 6) is 0.562. The summed E-state index contributed by atoms with van der Waals surface area (Å²) >= 11 is 0. The number of hydrogen-bond acceptors (Lipinski definition) is 2. The molecule has 2 aliphatic rings. The fourth-order valence-corrected chi connectivity index (χ4v) is 2.94. The van der Waals surface area contributed by atoms with Crippen LogP contribution in [-0.2, 0) is 9.47 Å². The smallest absolute Gasteiger partial charge is 0.0993 e. The largest absolute Gasteiger partial charge is 0.369 e. The van der Waals surface area contributed by atoms with Gasteiger partial charge < -0.3 is 9.47 Å². The minimum Gasteiger partial charge on any atom is -0.369 e. The monoisotopic (exact) mass is 170 g/mol. The Balaban J connectivity index is 2.30. The molecule has 2 rings (SSSR count). The Hall–Kier alpha value is -0.0800. The molecule has 2 nitrogen and oxygen atoms in total. The Bertz CT molecular complexity index is 192. The van der Waals surface area contributed by atoms with Crippen molar-refractivity contribution in [2.24, 2.45) is 5.92 Å². The van der Waals surface area contributed by atoms with E-state index in [2.05, 4.69) is 27.7 Å². The van der Waals surface area contributed by atoms with Crippen molar-refractivity contribution < 1.29 is 9.47 Å². The van der Waals surface area contributed by atoms with Crippen LogP contribution in [0.4, 0.5) is 0 Å². The molecule has 5 atom stereocenters. The normalized spacial score (nSPS) is 58.0. The van der Waals surface area contributed by atoms with E-state index in [1.807, 2.05) is 0 Å². The molecule has 0 aliphatic carbocycles. The van der Waals surface area contributed by atoms with Crippen LogP contribution in [0.15, 0.2) is 0 Å². The number of fused-ring (bicyclic) bond motifs is 2. The summed E-state index contributed by atoms with van der Waals surface area (Å²) in [6, 6.07) is 0. The third-order valence-electron chi connectivity index (χ3n) is 3.73. The maximum Gasteiger partial charge on any atom is 0.0993 e. The summed E-state index contributed by atoms with van der Waals surface area (Å²) in [6.45, 7) is 8.69. The van der Waals surface area contributed by atoms with Gasteiger partial charge in [0.2, 0.25) is 0 Å². The molecule has 2 heteroatoms. The first-order valence-corrected chi connectivity index (χ1v) is 4.95. The van der Waals surface area contributed by atoms with Gasteiger partial charge in [0.15, 0.2) is 0 Å². The predicted molar refractivity (Wildman–Crippen MR) is 47.1 cm³/mol. The van der Waals surface area contributed by atoms with Gasteiger partial charge in [-0.2, -0.15) is 0 Å². The molecule has 70 valence electrons. The number of hydrogen-bond donors (Lipinski definition) is 0. The van der Waals surface area contributed by atoms with Gasteiger partial charge in [0.1, 0.15) is 0 Å². The van der Waals surface area contributed by atoms with E-state index in [0.717, 1.165) is 6.42 Å². The summed E-state index contributed by atoms with van der Waals surface area (Å²) in [5, 5.41) is 0. The zero-order valence-corrected chi connectivity index (χ0v) is 8.33. The van der Waals surface area contributed by atoms with Gasteiger partial charge >= 0.3 is 0 Å². The summed E-state index contributed by atoms with van der Waals surface area (Å²) in [6.07, 6.45) is 1.96. The van der Waals surface area contributed by atoms with E-state index in [4.69, 9.17) is 9.47 Å². The van der Waals surface area contributed by atoms with Crippen molar-refractivity contribution >= 4 is 0 Å². The molecule has 0 aromatic carbocycles. The van der Waals surface area contributed by atoms with Gasteiger partial charge in [-0.3, -0.25) is 0 Å². The molecule has 0 aromatic heterocycles. The third kappa shape index (κ3) is 0.775. The Morgan fingerprint density at radius 3 is 2.25 bits per heavy atom. The van der Waals surface area contributed by atoms with Crippen molar-refractivity contribution in [3.05, 3.63) is 0 Å². The summed E-state index contributed by atoms with van der Waals surface area (Å²) in [4.78, 5) is 0. The van der Waals surface area contributed by atoms with E-state index >= 15 is 0 Å². The molecular formula is C10H18O2. The average molecular weight is 170 g/mol. The first-order chi connectivity index (χ1) is 5.62. The highest BCUT2D eigenvalue weighted by atomic mass is 16.6. The molecule has 2 aliphatic heterocycles. The fraction of sp³-hybridized carbons (Fsp3) is 1.00. The van der Waals surface area contributed by atoms with E-state index in [-0.39, 0.29) is 17.8 Å². The SMILES string of the molecule is CC[C@@]12O[C@@H](C)[C@@H](OC1C)[C@@H]2C. The van der Waals surface area contributed by atoms with Crippen molar-refractivity contribution in [2.75, 3.05) is 0 Å². The minimum atomic E-state index is 0.0179. The van der Waals surface area contributed by atoms with Crippen molar-refractivity contribution in [3.8, 4) is 0 Å². The van der Waals surface area contributed by atoms with Crippen LogP contribution >= 0.6 is 0 Å². The lowest BCUT2D eigenvalue weighted by molar-refractivity contribution is -0.175. The second-order valence-corrected chi connectivity index (χ2v) is 4.16.